The van der Waals surface area contributed by atoms with Gasteiger partial charge in [0.05, 0.1) is 17.7 Å². The molecular weight excluding hydrogens is 412 g/mol. The number of carbonyl (C=O) groups excluding carboxylic acids is 1. The smallest absolute Gasteiger partial charge is 0.251 e. The second-order valence-electron chi connectivity index (χ2n) is 11.1. The van der Waals surface area contributed by atoms with Crippen LogP contribution in [0.1, 0.15) is 60.0 Å². The van der Waals surface area contributed by atoms with Gasteiger partial charge in [0, 0.05) is 23.6 Å². The first kappa shape index (κ1) is 20.0. The van der Waals surface area contributed by atoms with Gasteiger partial charge in [-0.1, -0.05) is 24.3 Å². The highest BCUT2D eigenvalue weighted by molar-refractivity contribution is 5.94. The number of carbonyl (C=O) groups is 1. The number of fused-ring (bicyclic) bond motifs is 2. The molecular formula is C28H32N2O3. The Hall–Kier alpha value is -2.37. The molecule has 2 aromatic carbocycles. The minimum Gasteiger partial charge on any atom is -0.508 e. The molecule has 1 amide bonds. The molecule has 2 aromatic rings. The SMILES string of the molecule is O=C(N[C@H]1C[C@]23CCN(CC4CC4)[C@H](Cc4ccc(O)cc42)[C@]32CC[C@@H]1O2)c1ccccc1. The topological polar surface area (TPSA) is 61.8 Å². The van der Waals surface area contributed by atoms with Gasteiger partial charge in [-0.2, -0.15) is 0 Å². The Bertz CT molecular complexity index is 1100. The van der Waals surface area contributed by atoms with E-state index in [1.807, 2.05) is 42.5 Å². The van der Waals surface area contributed by atoms with Crippen LogP contribution in [0.4, 0.5) is 0 Å². The summed E-state index contributed by atoms with van der Waals surface area (Å²) in [4.78, 5) is 15.8. The summed E-state index contributed by atoms with van der Waals surface area (Å²) in [6, 6.07) is 15.8. The third kappa shape index (κ3) is 2.88. The first-order valence-corrected chi connectivity index (χ1v) is 12.7. The van der Waals surface area contributed by atoms with Crippen molar-refractivity contribution in [3.05, 3.63) is 65.2 Å². The van der Waals surface area contributed by atoms with Gasteiger partial charge in [-0.05, 0) is 92.8 Å². The second kappa shape index (κ2) is 7.07. The number of amides is 1. The molecule has 0 unspecified atom stereocenters. The van der Waals surface area contributed by atoms with Crippen molar-refractivity contribution in [2.24, 2.45) is 5.92 Å². The lowest BCUT2D eigenvalue weighted by Crippen LogP contribution is -2.74. The molecule has 2 aliphatic carbocycles. The predicted octanol–water partition coefficient (Wildman–Crippen LogP) is 3.79. The van der Waals surface area contributed by atoms with Crippen LogP contribution in [0.15, 0.2) is 48.5 Å². The fourth-order valence-corrected chi connectivity index (χ4v) is 7.72. The standard InChI is InChI=1S/C28H32N2O3/c31-21-9-8-20-14-25-28-11-10-24(33-28)23(29-26(32)19-4-2-1-3-5-19)16-27(28,22(20)15-21)12-13-30(25)17-18-6-7-18/h1-5,8-9,15,18,23-25,31H,6-7,10-14,16-17H2,(H,29,32)/t23-,24-,25+,27+,28+/m0/s1. The van der Waals surface area contributed by atoms with Crippen LogP contribution in [0.25, 0.3) is 0 Å². The van der Waals surface area contributed by atoms with Crippen LogP contribution < -0.4 is 5.32 Å². The summed E-state index contributed by atoms with van der Waals surface area (Å²) in [6.45, 7) is 2.27. The van der Waals surface area contributed by atoms with Crippen molar-refractivity contribution in [2.75, 3.05) is 13.1 Å². The molecule has 5 heteroatoms. The van der Waals surface area contributed by atoms with Gasteiger partial charge in [0.15, 0.2) is 0 Å². The Kier molecular flexibility index (Phi) is 4.29. The summed E-state index contributed by atoms with van der Waals surface area (Å²) in [6.07, 6.45) is 7.73. The van der Waals surface area contributed by atoms with Crippen molar-refractivity contribution in [3.8, 4) is 5.75 Å². The lowest BCUT2D eigenvalue weighted by Gasteiger charge is -2.65. The summed E-state index contributed by atoms with van der Waals surface area (Å²) in [7, 11) is 0. The van der Waals surface area contributed by atoms with Gasteiger partial charge in [0.2, 0.25) is 0 Å². The molecule has 172 valence electrons. The summed E-state index contributed by atoms with van der Waals surface area (Å²) in [5.74, 6) is 1.17. The van der Waals surface area contributed by atoms with Crippen LogP contribution in [0.5, 0.6) is 5.75 Å². The number of hydrogen-bond acceptors (Lipinski definition) is 4. The van der Waals surface area contributed by atoms with Crippen molar-refractivity contribution in [2.45, 2.75) is 74.1 Å². The minimum atomic E-state index is -0.209. The molecule has 0 radical (unpaired) electrons. The number of rotatable bonds is 4. The fourth-order valence-electron chi connectivity index (χ4n) is 7.72. The maximum atomic E-state index is 13.1. The van der Waals surface area contributed by atoms with E-state index in [4.69, 9.17) is 4.74 Å². The van der Waals surface area contributed by atoms with Gasteiger partial charge in [0.25, 0.3) is 5.91 Å². The number of benzene rings is 2. The number of piperidine rings is 1. The maximum absolute atomic E-state index is 13.1. The van der Waals surface area contributed by atoms with Gasteiger partial charge >= 0.3 is 0 Å². The number of phenolic OH excluding ortho intramolecular Hbond substituents is 1. The lowest BCUT2D eigenvalue weighted by molar-refractivity contribution is -0.208. The fraction of sp³-hybridized carbons (Fsp3) is 0.536. The molecule has 1 saturated carbocycles. The van der Waals surface area contributed by atoms with Crippen molar-refractivity contribution < 1.29 is 14.6 Å². The Morgan fingerprint density at radius 2 is 1.97 bits per heavy atom. The van der Waals surface area contributed by atoms with E-state index >= 15 is 0 Å². The van der Waals surface area contributed by atoms with Crippen LogP contribution in [0, 0.1) is 5.92 Å². The molecule has 3 heterocycles. The van der Waals surface area contributed by atoms with Crippen molar-refractivity contribution in [1.82, 2.24) is 10.2 Å². The molecule has 5 aliphatic rings. The lowest BCUT2D eigenvalue weighted by atomic mass is 9.51. The molecule has 33 heavy (non-hydrogen) atoms. The zero-order chi connectivity index (χ0) is 22.2. The van der Waals surface area contributed by atoms with Gasteiger partial charge in [-0.25, -0.2) is 0 Å². The third-order valence-corrected chi connectivity index (χ3v) is 9.36. The van der Waals surface area contributed by atoms with E-state index in [-0.39, 0.29) is 29.1 Å². The molecule has 1 spiro atoms. The number of phenols is 1. The molecule has 4 fully saturated rings. The number of aromatic hydroxyl groups is 1. The molecule has 7 rings (SSSR count). The van der Waals surface area contributed by atoms with Crippen LogP contribution in [0.3, 0.4) is 0 Å². The average Bonchev–Trinajstić information content (AvgIpc) is 3.57. The van der Waals surface area contributed by atoms with E-state index in [1.165, 1.54) is 30.5 Å². The number of nitrogens with one attached hydrogen (secondary N) is 1. The van der Waals surface area contributed by atoms with Crippen LogP contribution >= 0.6 is 0 Å². The van der Waals surface area contributed by atoms with E-state index in [1.54, 1.807) is 0 Å². The Balaban J connectivity index is 1.28. The van der Waals surface area contributed by atoms with Crippen LogP contribution in [-0.4, -0.2) is 52.8 Å². The summed E-state index contributed by atoms with van der Waals surface area (Å²) in [5.41, 5.74) is 2.95. The van der Waals surface area contributed by atoms with Crippen LogP contribution in [-0.2, 0) is 16.6 Å². The monoisotopic (exact) mass is 444 g/mol. The highest BCUT2D eigenvalue weighted by Gasteiger charge is 2.70. The molecule has 5 atom stereocenters. The summed E-state index contributed by atoms with van der Waals surface area (Å²) >= 11 is 0. The van der Waals surface area contributed by atoms with Gasteiger partial charge in [-0.3, -0.25) is 9.69 Å². The predicted molar refractivity (Wildman–Crippen MR) is 125 cm³/mol. The quantitative estimate of drug-likeness (QED) is 0.753. The molecule has 0 aromatic heterocycles. The van der Waals surface area contributed by atoms with E-state index in [2.05, 4.69) is 16.3 Å². The average molecular weight is 445 g/mol. The van der Waals surface area contributed by atoms with Crippen molar-refractivity contribution in [1.29, 1.82) is 0 Å². The minimum absolute atomic E-state index is 0.0164. The van der Waals surface area contributed by atoms with Gasteiger partial charge < -0.3 is 15.2 Å². The first-order valence-electron chi connectivity index (χ1n) is 12.7. The molecule has 2 N–H and O–H groups in total. The zero-order valence-electron chi connectivity index (χ0n) is 19.0. The zero-order valence-corrected chi connectivity index (χ0v) is 19.0. The molecule has 4 bridgehead atoms. The van der Waals surface area contributed by atoms with Gasteiger partial charge in [0.1, 0.15) is 5.75 Å². The van der Waals surface area contributed by atoms with E-state index in [0.29, 0.717) is 17.4 Å². The summed E-state index contributed by atoms with van der Waals surface area (Å²) in [5, 5.41) is 13.8. The Morgan fingerprint density at radius 1 is 1.12 bits per heavy atom. The Labute approximate surface area is 195 Å². The molecule has 3 aliphatic heterocycles. The number of nitrogens with zero attached hydrogens (tertiary/aromatic N) is 1. The first-order chi connectivity index (χ1) is 16.1. The largest absolute Gasteiger partial charge is 0.508 e. The molecule has 3 saturated heterocycles. The molecule has 5 nitrogen and oxygen atoms in total. The van der Waals surface area contributed by atoms with Crippen molar-refractivity contribution >= 4 is 5.91 Å². The van der Waals surface area contributed by atoms with Crippen LogP contribution in [0.2, 0.25) is 0 Å². The number of ether oxygens (including phenoxy) is 1. The van der Waals surface area contributed by atoms with E-state index in [0.717, 1.165) is 44.6 Å². The second-order valence-corrected chi connectivity index (χ2v) is 11.1. The van der Waals surface area contributed by atoms with Gasteiger partial charge in [-0.15, -0.1) is 0 Å². The normalized spacial score (nSPS) is 36.7. The summed E-state index contributed by atoms with van der Waals surface area (Å²) < 4.78 is 7.09. The highest BCUT2D eigenvalue weighted by Crippen LogP contribution is 2.63. The maximum Gasteiger partial charge on any atom is 0.251 e. The number of likely N-dealkylation sites (tertiary alicyclic amines) is 1. The van der Waals surface area contributed by atoms with E-state index < -0.39 is 0 Å². The highest BCUT2D eigenvalue weighted by atomic mass is 16.5. The van der Waals surface area contributed by atoms with Crippen molar-refractivity contribution in [3.63, 3.8) is 0 Å². The van der Waals surface area contributed by atoms with E-state index in [9.17, 15) is 9.90 Å². The number of hydrogen-bond donors (Lipinski definition) is 2. The third-order valence-electron chi connectivity index (χ3n) is 9.36. The Morgan fingerprint density at radius 3 is 2.79 bits per heavy atom.